The lowest BCUT2D eigenvalue weighted by Crippen LogP contribution is -1.96. The molecule has 10 rings (SSSR count). The lowest BCUT2D eigenvalue weighted by atomic mass is 10.1. The molecule has 3 nitrogen and oxygen atoms in total. The lowest BCUT2D eigenvalue weighted by Gasteiger charge is -2.11. The topological polar surface area (TPSA) is 23.0 Å². The van der Waals surface area contributed by atoms with Gasteiger partial charge in [-0.05, 0) is 65.4 Å². The van der Waals surface area contributed by atoms with E-state index in [9.17, 15) is 0 Å². The lowest BCUT2D eigenvalue weighted by molar-refractivity contribution is 0.668. The Morgan fingerprint density at radius 1 is 0.326 bits per heavy atom. The minimum Gasteiger partial charge on any atom is -0.456 e. The van der Waals surface area contributed by atoms with Crippen LogP contribution in [0, 0.1) is 0 Å². The first-order chi connectivity index (χ1) is 21.3. The first-order valence-electron chi connectivity index (χ1n) is 14.7. The van der Waals surface area contributed by atoms with Gasteiger partial charge in [-0.25, -0.2) is 0 Å². The molecular formula is C40H24N2O. The zero-order valence-corrected chi connectivity index (χ0v) is 23.2. The number of benzene rings is 7. The van der Waals surface area contributed by atoms with Gasteiger partial charge >= 0.3 is 0 Å². The maximum Gasteiger partial charge on any atom is 0.137 e. The zero-order chi connectivity index (χ0) is 28.1. The van der Waals surface area contributed by atoms with Crippen molar-refractivity contribution in [2.75, 3.05) is 0 Å². The van der Waals surface area contributed by atoms with Crippen molar-refractivity contribution in [3.63, 3.8) is 0 Å². The van der Waals surface area contributed by atoms with Gasteiger partial charge in [0, 0.05) is 49.8 Å². The number of hydrogen-bond acceptors (Lipinski definition) is 1. The van der Waals surface area contributed by atoms with Gasteiger partial charge in [0.2, 0.25) is 0 Å². The summed E-state index contributed by atoms with van der Waals surface area (Å²) in [6.07, 6.45) is 0. The van der Waals surface area contributed by atoms with Gasteiger partial charge in [0.05, 0.1) is 22.1 Å². The molecule has 0 fully saturated rings. The first kappa shape index (κ1) is 22.8. The fourth-order valence-electron chi connectivity index (χ4n) is 7.16. The highest BCUT2D eigenvalue weighted by molar-refractivity contribution is 6.19. The summed E-state index contributed by atoms with van der Waals surface area (Å²) in [5.74, 6) is 0. The van der Waals surface area contributed by atoms with E-state index < -0.39 is 0 Å². The Balaban J connectivity index is 1.32. The van der Waals surface area contributed by atoms with E-state index in [-0.39, 0.29) is 0 Å². The normalized spacial score (nSPS) is 12.2. The first-order valence-corrected chi connectivity index (χ1v) is 14.7. The predicted molar refractivity (Wildman–Crippen MR) is 180 cm³/mol. The Labute approximate surface area is 246 Å². The maximum atomic E-state index is 6.32. The smallest absolute Gasteiger partial charge is 0.137 e. The van der Waals surface area contributed by atoms with Gasteiger partial charge in [0.15, 0.2) is 0 Å². The van der Waals surface area contributed by atoms with Gasteiger partial charge in [0.1, 0.15) is 11.2 Å². The van der Waals surface area contributed by atoms with E-state index in [1.807, 2.05) is 12.1 Å². The molecule has 3 heterocycles. The molecule has 10 aromatic rings. The summed E-state index contributed by atoms with van der Waals surface area (Å²) in [4.78, 5) is 0. The van der Waals surface area contributed by atoms with Crippen LogP contribution in [-0.4, -0.2) is 9.13 Å². The summed E-state index contributed by atoms with van der Waals surface area (Å²) >= 11 is 0. The van der Waals surface area contributed by atoms with Crippen LogP contribution in [0.5, 0.6) is 0 Å². The average Bonchev–Trinajstić information content (AvgIpc) is 3.70. The SMILES string of the molecule is c1ccc2cc(-n3c4ccccc4c4cc5c6ccccc6n(-c6ccc7c(c6)oc6ccccc67)c5cc43)ccc2c1. The van der Waals surface area contributed by atoms with E-state index in [1.165, 1.54) is 54.4 Å². The Bertz CT molecular complexity index is 2740. The molecular weight excluding hydrogens is 524 g/mol. The van der Waals surface area contributed by atoms with Crippen molar-refractivity contribution in [1.82, 2.24) is 9.13 Å². The number of nitrogens with zero attached hydrogens (tertiary/aromatic N) is 2. The van der Waals surface area contributed by atoms with E-state index in [0.717, 1.165) is 33.3 Å². The summed E-state index contributed by atoms with van der Waals surface area (Å²) in [5, 5.41) is 9.77. The van der Waals surface area contributed by atoms with Crippen LogP contribution in [-0.2, 0) is 0 Å². The standard InChI is InChI=1S/C40H24N2O/c1-2-10-26-21-27(18-17-25(26)9-1)41-35-14-6-3-11-29(35)33-23-34-30-12-4-7-15-36(30)42(38(34)24-37(33)41)28-19-20-32-31-13-5-8-16-39(31)43-40(32)22-28/h1-24H. The van der Waals surface area contributed by atoms with E-state index in [1.54, 1.807) is 0 Å². The Kier molecular flexibility index (Phi) is 4.45. The molecule has 0 amide bonds. The van der Waals surface area contributed by atoms with Crippen molar-refractivity contribution in [3.8, 4) is 11.4 Å². The van der Waals surface area contributed by atoms with Crippen molar-refractivity contribution in [2.24, 2.45) is 0 Å². The monoisotopic (exact) mass is 548 g/mol. The fraction of sp³-hybridized carbons (Fsp3) is 0. The Hall–Kier alpha value is -5.80. The highest BCUT2D eigenvalue weighted by atomic mass is 16.3. The summed E-state index contributed by atoms with van der Waals surface area (Å²) in [5.41, 5.74) is 8.82. The molecule has 3 aromatic heterocycles. The number of para-hydroxylation sites is 3. The minimum absolute atomic E-state index is 0.899. The largest absolute Gasteiger partial charge is 0.456 e. The van der Waals surface area contributed by atoms with Crippen LogP contribution < -0.4 is 0 Å². The molecule has 43 heavy (non-hydrogen) atoms. The maximum absolute atomic E-state index is 6.32. The van der Waals surface area contributed by atoms with Crippen molar-refractivity contribution >= 4 is 76.3 Å². The van der Waals surface area contributed by atoms with Crippen LogP contribution in [0.4, 0.5) is 0 Å². The quantitative estimate of drug-likeness (QED) is 0.211. The Morgan fingerprint density at radius 3 is 1.63 bits per heavy atom. The number of furan rings is 1. The van der Waals surface area contributed by atoms with Gasteiger partial charge in [-0.2, -0.15) is 0 Å². The van der Waals surface area contributed by atoms with Crippen LogP contribution in [0.15, 0.2) is 150 Å². The molecule has 0 saturated carbocycles. The fourth-order valence-corrected chi connectivity index (χ4v) is 7.16. The molecule has 0 aliphatic rings. The summed E-state index contributed by atoms with van der Waals surface area (Å²) in [6.45, 7) is 0. The predicted octanol–water partition coefficient (Wildman–Crippen LogP) is 10.9. The van der Waals surface area contributed by atoms with E-state index >= 15 is 0 Å². The molecule has 0 atom stereocenters. The Morgan fingerprint density at radius 2 is 0.884 bits per heavy atom. The molecule has 7 aromatic carbocycles. The van der Waals surface area contributed by atoms with Crippen molar-refractivity contribution in [2.45, 2.75) is 0 Å². The van der Waals surface area contributed by atoms with E-state index in [2.05, 4.69) is 143 Å². The number of hydrogen-bond donors (Lipinski definition) is 0. The summed E-state index contributed by atoms with van der Waals surface area (Å²) in [7, 11) is 0. The second-order valence-corrected chi connectivity index (χ2v) is 11.4. The highest BCUT2D eigenvalue weighted by Gasteiger charge is 2.19. The summed E-state index contributed by atoms with van der Waals surface area (Å²) < 4.78 is 11.1. The van der Waals surface area contributed by atoms with Crippen LogP contribution >= 0.6 is 0 Å². The molecule has 0 saturated heterocycles. The molecule has 200 valence electrons. The van der Waals surface area contributed by atoms with Gasteiger partial charge in [-0.15, -0.1) is 0 Å². The highest BCUT2D eigenvalue weighted by Crippen LogP contribution is 2.40. The second-order valence-electron chi connectivity index (χ2n) is 11.4. The number of aromatic nitrogens is 2. The van der Waals surface area contributed by atoms with Crippen LogP contribution in [0.1, 0.15) is 0 Å². The molecule has 0 spiro atoms. The number of rotatable bonds is 2. The summed E-state index contributed by atoms with van der Waals surface area (Å²) in [6, 6.07) is 52.5. The van der Waals surface area contributed by atoms with Crippen molar-refractivity contribution in [3.05, 3.63) is 146 Å². The molecule has 0 radical (unpaired) electrons. The van der Waals surface area contributed by atoms with Gasteiger partial charge < -0.3 is 13.6 Å². The van der Waals surface area contributed by atoms with Crippen molar-refractivity contribution in [1.29, 1.82) is 0 Å². The van der Waals surface area contributed by atoms with E-state index in [0.29, 0.717) is 0 Å². The third-order valence-electron chi connectivity index (χ3n) is 9.08. The van der Waals surface area contributed by atoms with Gasteiger partial charge in [-0.1, -0.05) is 84.9 Å². The molecule has 0 bridgehead atoms. The van der Waals surface area contributed by atoms with Crippen molar-refractivity contribution < 1.29 is 4.42 Å². The van der Waals surface area contributed by atoms with Gasteiger partial charge in [0.25, 0.3) is 0 Å². The molecule has 0 N–H and O–H groups in total. The molecule has 0 unspecified atom stereocenters. The average molecular weight is 549 g/mol. The zero-order valence-electron chi connectivity index (χ0n) is 23.2. The van der Waals surface area contributed by atoms with Crippen LogP contribution in [0.3, 0.4) is 0 Å². The van der Waals surface area contributed by atoms with E-state index in [4.69, 9.17) is 4.42 Å². The van der Waals surface area contributed by atoms with Gasteiger partial charge in [-0.3, -0.25) is 0 Å². The number of fused-ring (bicyclic) bond motifs is 10. The minimum atomic E-state index is 0.899. The van der Waals surface area contributed by atoms with Crippen LogP contribution in [0.2, 0.25) is 0 Å². The molecule has 3 heteroatoms. The van der Waals surface area contributed by atoms with Crippen LogP contribution in [0.25, 0.3) is 87.7 Å². The molecule has 0 aliphatic carbocycles. The third-order valence-corrected chi connectivity index (χ3v) is 9.08. The molecule has 0 aliphatic heterocycles. The second kappa shape index (κ2) is 8.37. The third kappa shape index (κ3) is 3.14.